The summed E-state index contributed by atoms with van der Waals surface area (Å²) in [6.45, 7) is 1.93. The van der Waals surface area contributed by atoms with Gasteiger partial charge in [-0.1, -0.05) is 0 Å². The fourth-order valence-corrected chi connectivity index (χ4v) is 1.71. The van der Waals surface area contributed by atoms with Crippen LogP contribution in [0.25, 0.3) is 0 Å². The number of aliphatic hydroxyl groups is 1. The molecule has 78 valence electrons. The van der Waals surface area contributed by atoms with E-state index in [9.17, 15) is 5.11 Å². The van der Waals surface area contributed by atoms with Gasteiger partial charge in [0.05, 0.1) is 0 Å². The van der Waals surface area contributed by atoms with E-state index in [0.717, 1.165) is 11.1 Å². The Bertz CT molecular complexity index is 467. The second-order valence-corrected chi connectivity index (χ2v) is 4.06. The van der Waals surface area contributed by atoms with Crippen molar-refractivity contribution >= 4 is 15.9 Å². The van der Waals surface area contributed by atoms with Crippen LogP contribution >= 0.6 is 15.9 Å². The van der Waals surface area contributed by atoms with Gasteiger partial charge in [-0.2, -0.15) is 0 Å². The first-order chi connectivity index (χ1) is 7.18. The van der Waals surface area contributed by atoms with E-state index in [0.29, 0.717) is 10.4 Å². The molecule has 4 heteroatoms. The Morgan fingerprint density at radius 3 is 2.80 bits per heavy atom. The maximum Gasteiger partial charge on any atom is 0.169 e. The average molecular weight is 268 g/mol. The van der Waals surface area contributed by atoms with Gasteiger partial charge in [0.15, 0.2) is 4.67 Å². The van der Waals surface area contributed by atoms with Gasteiger partial charge in [-0.3, -0.25) is 4.98 Å². The van der Waals surface area contributed by atoms with E-state index in [2.05, 4.69) is 20.9 Å². The summed E-state index contributed by atoms with van der Waals surface area (Å²) in [7, 11) is 0. The molecule has 0 saturated carbocycles. The number of aromatic nitrogens is 1. The maximum atomic E-state index is 10.0. The first-order valence-corrected chi connectivity index (χ1v) is 5.31. The molecule has 15 heavy (non-hydrogen) atoms. The second-order valence-electron chi connectivity index (χ2n) is 3.28. The Kier molecular flexibility index (Phi) is 2.88. The van der Waals surface area contributed by atoms with Crippen molar-refractivity contribution < 1.29 is 9.52 Å². The van der Waals surface area contributed by atoms with Crippen LogP contribution in [0.3, 0.4) is 0 Å². The third-order valence-corrected chi connectivity index (χ3v) is 2.66. The Morgan fingerprint density at radius 1 is 1.40 bits per heavy atom. The molecule has 0 aliphatic heterocycles. The lowest BCUT2D eigenvalue weighted by Gasteiger charge is -2.09. The lowest BCUT2D eigenvalue weighted by atomic mass is 10.1. The number of aliphatic hydroxyl groups excluding tert-OH is 1. The fourth-order valence-electron chi connectivity index (χ4n) is 1.39. The zero-order valence-electron chi connectivity index (χ0n) is 8.14. The number of furan rings is 1. The van der Waals surface area contributed by atoms with Crippen molar-refractivity contribution in [3.8, 4) is 0 Å². The molecule has 1 N–H and O–H groups in total. The quantitative estimate of drug-likeness (QED) is 0.910. The molecule has 0 spiro atoms. The number of pyridine rings is 1. The first-order valence-electron chi connectivity index (χ1n) is 4.52. The van der Waals surface area contributed by atoms with Crippen LogP contribution in [0.2, 0.25) is 0 Å². The van der Waals surface area contributed by atoms with E-state index in [1.165, 1.54) is 0 Å². The molecule has 1 atom stereocenters. The molecule has 0 radical (unpaired) electrons. The molecule has 0 aliphatic carbocycles. The molecule has 0 aromatic carbocycles. The highest BCUT2D eigenvalue weighted by Gasteiger charge is 2.16. The Morgan fingerprint density at radius 2 is 2.20 bits per heavy atom. The van der Waals surface area contributed by atoms with E-state index in [4.69, 9.17) is 4.42 Å². The molecule has 0 amide bonds. The SMILES string of the molecule is Cc1ccncc1C(O)c1ccc(Br)o1. The monoisotopic (exact) mass is 267 g/mol. The lowest BCUT2D eigenvalue weighted by Crippen LogP contribution is -2.01. The number of rotatable bonds is 2. The van der Waals surface area contributed by atoms with Gasteiger partial charge in [0.25, 0.3) is 0 Å². The largest absolute Gasteiger partial charge is 0.451 e. The molecule has 0 bridgehead atoms. The number of nitrogens with zero attached hydrogens (tertiary/aromatic N) is 1. The molecule has 0 aliphatic rings. The highest BCUT2D eigenvalue weighted by molar-refractivity contribution is 9.10. The summed E-state index contributed by atoms with van der Waals surface area (Å²) in [4.78, 5) is 3.99. The van der Waals surface area contributed by atoms with E-state index >= 15 is 0 Å². The number of hydrogen-bond donors (Lipinski definition) is 1. The zero-order chi connectivity index (χ0) is 10.8. The Balaban J connectivity index is 2.36. The van der Waals surface area contributed by atoms with Crippen LogP contribution in [0, 0.1) is 6.92 Å². The van der Waals surface area contributed by atoms with Gasteiger partial charge in [0.1, 0.15) is 11.9 Å². The molecule has 3 nitrogen and oxygen atoms in total. The van der Waals surface area contributed by atoms with Gasteiger partial charge in [0.2, 0.25) is 0 Å². The van der Waals surface area contributed by atoms with Crippen LogP contribution < -0.4 is 0 Å². The van der Waals surface area contributed by atoms with Crippen LogP contribution in [-0.2, 0) is 0 Å². The van der Waals surface area contributed by atoms with Crippen LogP contribution in [0.5, 0.6) is 0 Å². The van der Waals surface area contributed by atoms with Crippen molar-refractivity contribution in [1.82, 2.24) is 4.98 Å². The van der Waals surface area contributed by atoms with Crippen LogP contribution in [0.4, 0.5) is 0 Å². The predicted octanol–water partition coefficient (Wildman–Crippen LogP) is 2.83. The fraction of sp³-hybridized carbons (Fsp3) is 0.182. The Labute approximate surface area is 95.9 Å². The Hall–Kier alpha value is -1.13. The topological polar surface area (TPSA) is 46.3 Å². The number of aryl methyl sites for hydroxylation is 1. The molecule has 2 aromatic rings. The van der Waals surface area contributed by atoms with Gasteiger partial charge in [-0.15, -0.1) is 0 Å². The average Bonchev–Trinajstić information content (AvgIpc) is 2.65. The highest BCUT2D eigenvalue weighted by atomic mass is 79.9. The van der Waals surface area contributed by atoms with Crippen molar-refractivity contribution in [3.05, 3.63) is 52.1 Å². The van der Waals surface area contributed by atoms with Crippen LogP contribution in [0.15, 0.2) is 39.7 Å². The predicted molar refractivity (Wildman–Crippen MR) is 59.4 cm³/mol. The lowest BCUT2D eigenvalue weighted by molar-refractivity contribution is 0.186. The summed E-state index contributed by atoms with van der Waals surface area (Å²) in [5.74, 6) is 0.512. The molecular weight excluding hydrogens is 258 g/mol. The minimum absolute atomic E-state index is 0.512. The third kappa shape index (κ3) is 2.11. The van der Waals surface area contributed by atoms with Crippen molar-refractivity contribution in [2.45, 2.75) is 13.0 Å². The van der Waals surface area contributed by atoms with Crippen molar-refractivity contribution in [3.63, 3.8) is 0 Å². The molecule has 2 heterocycles. The minimum Gasteiger partial charge on any atom is -0.451 e. The van der Waals surface area contributed by atoms with Crippen molar-refractivity contribution in [1.29, 1.82) is 0 Å². The molecule has 2 aromatic heterocycles. The van der Waals surface area contributed by atoms with Crippen LogP contribution in [0.1, 0.15) is 23.0 Å². The van der Waals surface area contributed by atoms with Gasteiger partial charge >= 0.3 is 0 Å². The van der Waals surface area contributed by atoms with E-state index in [-0.39, 0.29) is 0 Å². The third-order valence-electron chi connectivity index (χ3n) is 2.24. The van der Waals surface area contributed by atoms with Crippen LogP contribution in [-0.4, -0.2) is 10.1 Å². The summed E-state index contributed by atoms with van der Waals surface area (Å²) >= 11 is 3.20. The summed E-state index contributed by atoms with van der Waals surface area (Å²) in [5, 5.41) is 10.0. The normalized spacial score (nSPS) is 12.7. The minimum atomic E-state index is -0.759. The summed E-state index contributed by atoms with van der Waals surface area (Å²) in [6.07, 6.45) is 2.59. The summed E-state index contributed by atoms with van der Waals surface area (Å²) in [6, 6.07) is 5.35. The smallest absolute Gasteiger partial charge is 0.169 e. The van der Waals surface area contributed by atoms with E-state index < -0.39 is 6.10 Å². The standard InChI is InChI=1S/C11H10BrNO2/c1-7-4-5-13-6-8(7)11(14)9-2-3-10(12)15-9/h2-6,11,14H,1H3. The zero-order valence-corrected chi connectivity index (χ0v) is 9.73. The molecule has 0 saturated heterocycles. The summed E-state index contributed by atoms with van der Waals surface area (Å²) in [5.41, 5.74) is 1.75. The molecular formula is C11H10BrNO2. The first kappa shape index (κ1) is 10.4. The number of halogens is 1. The van der Waals surface area contributed by atoms with Gasteiger partial charge in [-0.25, -0.2) is 0 Å². The second kappa shape index (κ2) is 4.16. The molecule has 0 fully saturated rings. The van der Waals surface area contributed by atoms with Gasteiger partial charge in [-0.05, 0) is 46.6 Å². The van der Waals surface area contributed by atoms with E-state index in [1.54, 1.807) is 24.5 Å². The molecule has 1 unspecified atom stereocenters. The van der Waals surface area contributed by atoms with Crippen molar-refractivity contribution in [2.24, 2.45) is 0 Å². The number of hydrogen-bond acceptors (Lipinski definition) is 3. The summed E-state index contributed by atoms with van der Waals surface area (Å²) < 4.78 is 5.90. The molecule has 2 rings (SSSR count). The highest BCUT2D eigenvalue weighted by Crippen LogP contribution is 2.27. The van der Waals surface area contributed by atoms with Gasteiger partial charge in [0, 0.05) is 18.0 Å². The van der Waals surface area contributed by atoms with Gasteiger partial charge < -0.3 is 9.52 Å². The maximum absolute atomic E-state index is 10.0. The van der Waals surface area contributed by atoms with Crippen molar-refractivity contribution in [2.75, 3.05) is 0 Å². The van der Waals surface area contributed by atoms with E-state index in [1.807, 2.05) is 13.0 Å².